The van der Waals surface area contributed by atoms with Gasteiger partial charge in [0.25, 0.3) is 5.91 Å². The van der Waals surface area contributed by atoms with Gasteiger partial charge in [-0.05, 0) is 19.4 Å². The van der Waals surface area contributed by atoms with E-state index in [1.807, 2.05) is 6.92 Å². The predicted molar refractivity (Wildman–Crippen MR) is 74.0 cm³/mol. The van der Waals surface area contributed by atoms with E-state index in [1.54, 1.807) is 13.0 Å². The van der Waals surface area contributed by atoms with Crippen LogP contribution in [0.4, 0.5) is 5.69 Å². The number of hydrogen-bond acceptors (Lipinski definition) is 5. The second kappa shape index (κ2) is 6.12. The van der Waals surface area contributed by atoms with Gasteiger partial charge in [0, 0.05) is 6.20 Å². The first-order chi connectivity index (χ1) is 9.99. The summed E-state index contributed by atoms with van der Waals surface area (Å²) in [4.78, 5) is 22.8. The number of aryl methyl sites for hydroxylation is 2. The van der Waals surface area contributed by atoms with Gasteiger partial charge >= 0.3 is 5.97 Å². The van der Waals surface area contributed by atoms with Gasteiger partial charge in [-0.2, -0.15) is 15.3 Å². The molecule has 0 radical (unpaired) electrons. The average Bonchev–Trinajstić information content (AvgIpc) is 2.85. The van der Waals surface area contributed by atoms with Crippen LogP contribution in [0.15, 0.2) is 18.5 Å². The van der Waals surface area contributed by atoms with Gasteiger partial charge in [0.2, 0.25) is 0 Å². The van der Waals surface area contributed by atoms with Crippen LogP contribution >= 0.6 is 0 Å². The first-order valence-corrected chi connectivity index (χ1v) is 6.38. The number of nitrogens with zero attached hydrogens (tertiary/aromatic N) is 4. The number of aliphatic carboxylic acids is 1. The minimum atomic E-state index is -1.00. The van der Waals surface area contributed by atoms with Crippen molar-refractivity contribution in [1.82, 2.24) is 20.0 Å². The Morgan fingerprint density at radius 1 is 1.38 bits per heavy atom. The SMILES string of the molecule is CCc1nnc(C)cc1C(=O)Nc1cnn(CC(=O)O)c1. The van der Waals surface area contributed by atoms with Crippen molar-refractivity contribution in [2.75, 3.05) is 5.32 Å². The minimum absolute atomic E-state index is 0.258. The van der Waals surface area contributed by atoms with Crippen LogP contribution in [0.5, 0.6) is 0 Å². The molecule has 0 aliphatic heterocycles. The van der Waals surface area contributed by atoms with Crippen LogP contribution in [-0.4, -0.2) is 37.0 Å². The van der Waals surface area contributed by atoms with Crippen LogP contribution in [0.2, 0.25) is 0 Å². The average molecular weight is 289 g/mol. The van der Waals surface area contributed by atoms with Gasteiger partial charge in [-0.3, -0.25) is 14.3 Å². The van der Waals surface area contributed by atoms with Gasteiger partial charge in [-0.15, -0.1) is 0 Å². The number of hydrogen-bond donors (Lipinski definition) is 2. The summed E-state index contributed by atoms with van der Waals surface area (Å²) in [6, 6.07) is 1.67. The van der Waals surface area contributed by atoms with Crippen LogP contribution in [0, 0.1) is 6.92 Å². The van der Waals surface area contributed by atoms with Crippen molar-refractivity contribution in [1.29, 1.82) is 0 Å². The Morgan fingerprint density at radius 3 is 2.81 bits per heavy atom. The van der Waals surface area contributed by atoms with E-state index in [9.17, 15) is 9.59 Å². The van der Waals surface area contributed by atoms with Crippen LogP contribution < -0.4 is 5.32 Å². The zero-order chi connectivity index (χ0) is 15.4. The number of carbonyl (C=O) groups excluding carboxylic acids is 1. The van der Waals surface area contributed by atoms with Crippen molar-refractivity contribution in [3.05, 3.63) is 35.4 Å². The maximum absolute atomic E-state index is 12.2. The number of rotatable bonds is 5. The highest BCUT2D eigenvalue weighted by atomic mass is 16.4. The fourth-order valence-electron chi connectivity index (χ4n) is 1.82. The second-order valence-corrected chi connectivity index (χ2v) is 4.47. The third kappa shape index (κ3) is 3.62. The molecule has 0 bridgehead atoms. The zero-order valence-electron chi connectivity index (χ0n) is 11.7. The molecule has 0 fully saturated rings. The molecule has 0 aliphatic rings. The Balaban J connectivity index is 2.16. The van der Waals surface area contributed by atoms with Crippen LogP contribution in [0.25, 0.3) is 0 Å². The standard InChI is InChI=1S/C13H15N5O3/c1-3-11-10(4-8(2)16-17-11)13(21)15-9-5-14-18(6-9)7-12(19)20/h4-6H,3,7H2,1-2H3,(H,15,21)(H,19,20). The van der Waals surface area contributed by atoms with Gasteiger partial charge in [-0.1, -0.05) is 6.92 Å². The quantitative estimate of drug-likeness (QED) is 0.845. The van der Waals surface area contributed by atoms with E-state index < -0.39 is 5.97 Å². The van der Waals surface area contributed by atoms with E-state index in [4.69, 9.17) is 5.11 Å². The summed E-state index contributed by atoms with van der Waals surface area (Å²) in [5, 5.41) is 23.1. The molecule has 0 unspecified atom stereocenters. The predicted octanol–water partition coefficient (Wildman–Crippen LogP) is 0.881. The number of carboxylic acids is 1. The minimum Gasteiger partial charge on any atom is -0.480 e. The summed E-state index contributed by atoms with van der Waals surface area (Å²) in [5.41, 5.74) is 2.14. The molecule has 0 saturated carbocycles. The Morgan fingerprint density at radius 2 is 2.14 bits per heavy atom. The van der Waals surface area contributed by atoms with E-state index >= 15 is 0 Å². The van der Waals surface area contributed by atoms with Crippen molar-refractivity contribution in [3.63, 3.8) is 0 Å². The molecule has 2 heterocycles. The lowest BCUT2D eigenvalue weighted by Crippen LogP contribution is -2.16. The molecular weight excluding hydrogens is 274 g/mol. The van der Waals surface area contributed by atoms with Crippen LogP contribution in [-0.2, 0) is 17.8 Å². The number of carboxylic acid groups (broad SMARTS) is 1. The molecule has 1 amide bonds. The van der Waals surface area contributed by atoms with Gasteiger partial charge in [0.05, 0.1) is 28.8 Å². The summed E-state index contributed by atoms with van der Waals surface area (Å²) < 4.78 is 1.23. The summed E-state index contributed by atoms with van der Waals surface area (Å²) in [5.74, 6) is -1.32. The Bertz CT molecular complexity index is 680. The highest BCUT2D eigenvalue weighted by molar-refractivity contribution is 6.04. The summed E-state index contributed by atoms with van der Waals surface area (Å²) >= 11 is 0. The maximum Gasteiger partial charge on any atom is 0.325 e. The Labute approximate surface area is 120 Å². The van der Waals surface area contributed by atoms with Crippen molar-refractivity contribution in [2.24, 2.45) is 0 Å². The summed E-state index contributed by atoms with van der Waals surface area (Å²) in [6.07, 6.45) is 3.45. The molecule has 2 aromatic heterocycles. The highest BCUT2D eigenvalue weighted by Crippen LogP contribution is 2.12. The first kappa shape index (κ1) is 14.6. The molecule has 8 heteroatoms. The largest absolute Gasteiger partial charge is 0.480 e. The number of aromatic nitrogens is 4. The van der Waals surface area contributed by atoms with E-state index in [2.05, 4.69) is 20.6 Å². The number of amides is 1. The van der Waals surface area contributed by atoms with Crippen molar-refractivity contribution in [3.8, 4) is 0 Å². The number of carbonyl (C=O) groups is 2. The zero-order valence-corrected chi connectivity index (χ0v) is 11.7. The van der Waals surface area contributed by atoms with E-state index in [1.165, 1.54) is 17.1 Å². The molecular formula is C13H15N5O3. The molecule has 2 N–H and O–H groups in total. The van der Waals surface area contributed by atoms with Crippen molar-refractivity contribution < 1.29 is 14.7 Å². The third-order valence-electron chi connectivity index (χ3n) is 2.76. The number of nitrogens with one attached hydrogen (secondary N) is 1. The molecule has 0 aromatic carbocycles. The molecule has 0 atom stereocenters. The van der Waals surface area contributed by atoms with E-state index in [0.717, 1.165) is 0 Å². The second-order valence-electron chi connectivity index (χ2n) is 4.47. The normalized spacial score (nSPS) is 10.4. The molecule has 2 aromatic rings. The molecule has 8 nitrogen and oxygen atoms in total. The van der Waals surface area contributed by atoms with Gasteiger partial charge in [0.15, 0.2) is 0 Å². The smallest absolute Gasteiger partial charge is 0.325 e. The lowest BCUT2D eigenvalue weighted by Gasteiger charge is -2.06. The molecule has 0 saturated heterocycles. The number of anilines is 1. The Hall–Kier alpha value is -2.77. The van der Waals surface area contributed by atoms with Gasteiger partial charge < -0.3 is 10.4 Å². The molecule has 0 spiro atoms. The fraction of sp³-hybridized carbons (Fsp3) is 0.308. The lowest BCUT2D eigenvalue weighted by molar-refractivity contribution is -0.137. The Kier molecular flexibility index (Phi) is 4.27. The summed E-state index contributed by atoms with van der Waals surface area (Å²) in [7, 11) is 0. The monoisotopic (exact) mass is 289 g/mol. The van der Waals surface area contributed by atoms with E-state index in [-0.39, 0.29) is 12.5 Å². The topological polar surface area (TPSA) is 110 Å². The van der Waals surface area contributed by atoms with E-state index in [0.29, 0.717) is 29.1 Å². The first-order valence-electron chi connectivity index (χ1n) is 6.38. The fourth-order valence-corrected chi connectivity index (χ4v) is 1.82. The molecule has 110 valence electrons. The lowest BCUT2D eigenvalue weighted by atomic mass is 10.1. The molecule has 21 heavy (non-hydrogen) atoms. The molecule has 2 rings (SSSR count). The van der Waals surface area contributed by atoms with Gasteiger partial charge in [0.1, 0.15) is 6.54 Å². The maximum atomic E-state index is 12.2. The van der Waals surface area contributed by atoms with Crippen molar-refractivity contribution in [2.45, 2.75) is 26.8 Å². The highest BCUT2D eigenvalue weighted by Gasteiger charge is 2.14. The third-order valence-corrected chi connectivity index (χ3v) is 2.76. The van der Waals surface area contributed by atoms with Gasteiger partial charge in [-0.25, -0.2) is 0 Å². The summed E-state index contributed by atoms with van der Waals surface area (Å²) in [6.45, 7) is 3.39. The van der Waals surface area contributed by atoms with Crippen LogP contribution in [0.3, 0.4) is 0 Å². The molecule has 0 aliphatic carbocycles. The van der Waals surface area contributed by atoms with Crippen molar-refractivity contribution >= 4 is 17.6 Å². The van der Waals surface area contributed by atoms with Crippen LogP contribution in [0.1, 0.15) is 28.7 Å².